The molecule has 5 aliphatic rings. The molecule has 0 aromatic rings. The van der Waals surface area contributed by atoms with E-state index in [1.807, 2.05) is 0 Å². The number of aliphatic hydroxyl groups is 1. The maximum atomic E-state index is 12.9. The normalized spacial score (nSPS) is 52.9. The summed E-state index contributed by atoms with van der Waals surface area (Å²) in [6.07, 6.45) is 9.96. The van der Waals surface area contributed by atoms with Crippen LogP contribution in [0.3, 0.4) is 0 Å². The van der Waals surface area contributed by atoms with Gasteiger partial charge in [0.25, 0.3) is 0 Å². The van der Waals surface area contributed by atoms with Gasteiger partial charge < -0.3 is 14.0 Å². The smallest absolute Gasteiger partial charge is 0.309 e. The molecule has 4 aliphatic carbocycles. The van der Waals surface area contributed by atoms with Gasteiger partial charge >= 0.3 is 5.97 Å². The summed E-state index contributed by atoms with van der Waals surface area (Å²) in [4.78, 5) is 12.9. The second-order valence-electron chi connectivity index (χ2n) is 13.7. The van der Waals surface area contributed by atoms with E-state index in [0.29, 0.717) is 17.8 Å². The summed E-state index contributed by atoms with van der Waals surface area (Å²) in [5.41, 5.74) is 1.47. The lowest BCUT2D eigenvalue weighted by atomic mass is 9.36. The molecule has 1 aliphatic heterocycles. The Kier molecular flexibility index (Phi) is 6.45. The van der Waals surface area contributed by atoms with Crippen LogP contribution in [0.15, 0.2) is 11.6 Å². The van der Waals surface area contributed by atoms with E-state index in [4.69, 9.17) is 10.3 Å². The molecule has 6 heteroatoms. The van der Waals surface area contributed by atoms with Gasteiger partial charge in [-0.1, -0.05) is 51.2 Å². The van der Waals surface area contributed by atoms with Gasteiger partial charge in [-0.3, -0.25) is 4.79 Å². The van der Waals surface area contributed by atoms with Crippen LogP contribution in [0.2, 0.25) is 0 Å². The van der Waals surface area contributed by atoms with Crippen molar-refractivity contribution in [3.8, 4) is 0 Å². The monoisotopic (exact) mass is 503 g/mol. The van der Waals surface area contributed by atoms with E-state index >= 15 is 0 Å². The standard InChI is InChI=1S/C29H46BO4S/c1-16(2)8-7-9-18-24-20-14-21(31)25-27(4)12-11-22(34-35-30)17(3)19(27)10-13-28(25,5)29(20,6)15-23(24)33-26(18)32/h8,17-25,30-31H,7,9-15H2,1-6H3/t17?,18?,19?,20?,21?,22-,23+,24?,25?,27+,28?,29+/m1/s1/i30T. The van der Waals surface area contributed by atoms with Crippen LogP contribution in [-0.2, 0) is 13.7 Å². The third-order valence-corrected chi connectivity index (χ3v) is 12.5. The number of hydrogen-bond acceptors (Lipinski definition) is 5. The van der Waals surface area contributed by atoms with E-state index < -0.39 is 0 Å². The fourth-order valence-electron chi connectivity index (χ4n) is 10.6. The number of esters is 1. The van der Waals surface area contributed by atoms with Gasteiger partial charge in [-0.05, 0) is 106 Å². The van der Waals surface area contributed by atoms with E-state index in [2.05, 4.69) is 47.6 Å². The molecule has 1 N–H and O–H groups in total. The lowest BCUT2D eigenvalue weighted by molar-refractivity contribution is -0.238. The Morgan fingerprint density at radius 3 is 2.74 bits per heavy atom. The van der Waals surface area contributed by atoms with Gasteiger partial charge in [-0.25, -0.2) is 0 Å². The lowest BCUT2D eigenvalue weighted by Gasteiger charge is -2.69. The zero-order valence-electron chi connectivity index (χ0n) is 23.6. The minimum Gasteiger partial charge on any atom is -0.462 e. The van der Waals surface area contributed by atoms with Crippen LogP contribution < -0.4 is 0 Å². The van der Waals surface area contributed by atoms with Crippen molar-refractivity contribution in [3.63, 3.8) is 0 Å². The fraction of sp³-hybridized carbons (Fsp3) is 0.897. The Morgan fingerprint density at radius 2 is 2.03 bits per heavy atom. The van der Waals surface area contributed by atoms with Gasteiger partial charge in [0.2, 0.25) is 7.09 Å². The molecule has 0 aromatic heterocycles. The zero-order valence-corrected chi connectivity index (χ0v) is 23.4. The van der Waals surface area contributed by atoms with Gasteiger partial charge in [0.1, 0.15) is 6.10 Å². The molecular weight excluding hydrogens is 455 g/mol. The van der Waals surface area contributed by atoms with E-state index in [9.17, 15) is 9.90 Å². The predicted octanol–water partition coefficient (Wildman–Crippen LogP) is 6.00. The number of ether oxygens (including phenoxy) is 1. The first-order valence-corrected chi connectivity index (χ1v) is 14.8. The third kappa shape index (κ3) is 3.73. The van der Waals surface area contributed by atoms with Crippen LogP contribution in [0, 0.1) is 51.8 Å². The Balaban J connectivity index is 1.43. The molecule has 1 radical (unpaired) electrons. The number of carbonyl (C=O) groups is 1. The van der Waals surface area contributed by atoms with Crippen molar-refractivity contribution in [3.05, 3.63) is 11.6 Å². The van der Waals surface area contributed by atoms with Crippen LogP contribution in [0.4, 0.5) is 0 Å². The summed E-state index contributed by atoms with van der Waals surface area (Å²) in [5, 5.41) is 11.9. The molecule has 1 heterocycles. The summed E-state index contributed by atoms with van der Waals surface area (Å²) in [5.74, 6) is 1.74. The minimum atomic E-state index is -0.339. The van der Waals surface area contributed by atoms with Crippen molar-refractivity contribution >= 4 is 25.0 Å². The highest BCUT2D eigenvalue weighted by Crippen LogP contribution is 2.75. The molecule has 35 heavy (non-hydrogen) atoms. The maximum absolute atomic E-state index is 12.9. The second-order valence-corrected chi connectivity index (χ2v) is 14.1. The second kappa shape index (κ2) is 9.08. The summed E-state index contributed by atoms with van der Waals surface area (Å²) in [6, 6.07) is 0. The number of carbonyl (C=O) groups excluding carboxylic acids is 1. The molecular formula is C29H46BO4S. The first-order chi connectivity index (χ1) is 17.0. The molecule has 0 aromatic carbocycles. The fourth-order valence-corrected chi connectivity index (χ4v) is 11.0. The zero-order chi connectivity index (χ0) is 26.0. The largest absolute Gasteiger partial charge is 0.462 e. The van der Waals surface area contributed by atoms with E-state index in [1.165, 1.54) is 12.7 Å². The van der Waals surface area contributed by atoms with Crippen molar-refractivity contribution in [2.75, 3.05) is 0 Å². The SMILES string of the molecule is [3H][B]SO[C@@H]1CC[C@@]2(C)C(CCC3(C)C2C(O)CC2C4C(CCC=C(C)C)C(=O)O[C@H]4C[C@@]23C)C1C. The molecule has 1 saturated heterocycles. The van der Waals surface area contributed by atoms with Gasteiger partial charge in [0.05, 0.1) is 18.1 Å². The Morgan fingerprint density at radius 1 is 1.26 bits per heavy atom. The van der Waals surface area contributed by atoms with Gasteiger partial charge in [0.15, 0.2) is 0 Å². The molecule has 8 unspecified atom stereocenters. The average molecular weight is 504 g/mol. The predicted molar refractivity (Wildman–Crippen MR) is 143 cm³/mol. The van der Waals surface area contributed by atoms with Crippen molar-refractivity contribution in [1.29, 1.82) is 1.34 Å². The molecule has 0 bridgehead atoms. The lowest BCUT2D eigenvalue weighted by Crippen LogP contribution is -2.66. The average Bonchev–Trinajstić information content (AvgIpc) is 3.25. The minimum absolute atomic E-state index is 0.00147. The molecule has 0 spiro atoms. The summed E-state index contributed by atoms with van der Waals surface area (Å²) in [6.45, 7) is 14.0. The first-order valence-electron chi connectivity index (χ1n) is 14.6. The highest BCUT2D eigenvalue weighted by molar-refractivity contribution is 8.15. The summed E-state index contributed by atoms with van der Waals surface area (Å²) in [7, 11) is 1.28. The summed E-state index contributed by atoms with van der Waals surface area (Å²) < 4.78 is 19.4. The Bertz CT molecular complexity index is 896. The molecule has 195 valence electrons. The van der Waals surface area contributed by atoms with Crippen molar-refractivity contribution < 1.29 is 18.8 Å². The van der Waals surface area contributed by atoms with Crippen LogP contribution in [0.5, 0.6) is 0 Å². The molecule has 5 fully saturated rings. The van der Waals surface area contributed by atoms with Crippen LogP contribution in [0.1, 0.15) is 92.9 Å². The maximum Gasteiger partial charge on any atom is 0.309 e. The van der Waals surface area contributed by atoms with Gasteiger partial charge in [-0.15, -0.1) is 0 Å². The van der Waals surface area contributed by atoms with Crippen LogP contribution in [-0.4, -0.2) is 37.8 Å². The molecule has 4 saturated carbocycles. The van der Waals surface area contributed by atoms with E-state index in [0.717, 1.165) is 63.3 Å². The third-order valence-electron chi connectivity index (χ3n) is 12.2. The van der Waals surface area contributed by atoms with E-state index in [-0.39, 0.29) is 58.3 Å². The van der Waals surface area contributed by atoms with Gasteiger partial charge in [0, 0.05) is 5.92 Å². The topological polar surface area (TPSA) is 55.8 Å². The van der Waals surface area contributed by atoms with Crippen LogP contribution >= 0.6 is 11.9 Å². The first kappa shape index (κ1) is 24.9. The molecule has 5 rings (SSSR count). The number of rotatable bonds is 6. The van der Waals surface area contributed by atoms with Crippen molar-refractivity contribution in [1.82, 2.24) is 0 Å². The van der Waals surface area contributed by atoms with Crippen LogP contribution in [0.25, 0.3) is 0 Å². The Hall–Kier alpha value is -0.455. The Labute approximate surface area is 219 Å². The number of fused-ring (bicyclic) bond motifs is 7. The number of hydrogen-bond donors (Lipinski definition) is 1. The summed E-state index contributed by atoms with van der Waals surface area (Å²) >= 11 is 1.16. The molecule has 0 amide bonds. The van der Waals surface area contributed by atoms with Gasteiger partial charge in [-0.2, -0.15) is 0 Å². The molecule has 12 atom stereocenters. The number of aliphatic hydroxyl groups excluding tert-OH is 1. The quantitative estimate of drug-likeness (QED) is 0.209. The highest BCUT2D eigenvalue weighted by atomic mass is 32.2. The number of allylic oxidation sites excluding steroid dienone is 2. The van der Waals surface area contributed by atoms with E-state index in [1.54, 1.807) is 0 Å². The molecule has 4 nitrogen and oxygen atoms in total. The van der Waals surface area contributed by atoms with Crippen molar-refractivity contribution in [2.24, 2.45) is 51.8 Å². The van der Waals surface area contributed by atoms with Crippen molar-refractivity contribution in [2.45, 2.75) is 111 Å². The highest BCUT2D eigenvalue weighted by Gasteiger charge is 2.73.